The van der Waals surface area contributed by atoms with Crippen molar-refractivity contribution < 1.29 is 13.2 Å². The maximum absolute atomic E-state index is 13.8. The van der Waals surface area contributed by atoms with Crippen LogP contribution in [0.1, 0.15) is 6.92 Å². The first-order valence-electron chi connectivity index (χ1n) is 6.12. The molecule has 1 aromatic carbocycles. The fourth-order valence-electron chi connectivity index (χ4n) is 1.77. The van der Waals surface area contributed by atoms with E-state index in [1.165, 1.54) is 29.2 Å². The maximum atomic E-state index is 13.8. The molecule has 106 valence electrons. The molecule has 6 heteroatoms. The number of nitrogens with zero attached hydrogens (tertiary/aromatic N) is 2. The second-order valence-electron chi connectivity index (χ2n) is 4.19. The van der Waals surface area contributed by atoms with Crippen LogP contribution in [0.25, 0.3) is 0 Å². The van der Waals surface area contributed by atoms with E-state index in [1.807, 2.05) is 0 Å². The van der Waals surface area contributed by atoms with Crippen LogP contribution in [0, 0.1) is 17.5 Å². The van der Waals surface area contributed by atoms with Crippen LogP contribution >= 0.6 is 0 Å². The van der Waals surface area contributed by atoms with E-state index in [2.05, 4.69) is 10.3 Å². The Bertz CT molecular complexity index is 599. The zero-order valence-electron chi connectivity index (χ0n) is 11.1. The molecule has 0 radical (unpaired) electrons. The van der Waals surface area contributed by atoms with Gasteiger partial charge in [-0.25, -0.2) is 18.2 Å². The zero-order chi connectivity index (χ0) is 14.7. The molecule has 2 aromatic rings. The fraction of sp³-hybridized carbons (Fsp3) is 0.214. The average Bonchev–Trinajstić information content (AvgIpc) is 2.42. The number of hydrogen-bond acceptors (Lipinski definition) is 3. The van der Waals surface area contributed by atoms with Gasteiger partial charge < -0.3 is 10.2 Å². The van der Waals surface area contributed by atoms with Gasteiger partial charge in [0.15, 0.2) is 23.3 Å². The largest absolute Gasteiger partial charge is 0.368 e. The summed E-state index contributed by atoms with van der Waals surface area (Å²) in [4.78, 5) is 5.36. The van der Waals surface area contributed by atoms with Gasteiger partial charge in [-0.3, -0.25) is 0 Å². The lowest BCUT2D eigenvalue weighted by molar-refractivity contribution is 0.576. The van der Waals surface area contributed by atoms with Gasteiger partial charge in [0, 0.05) is 25.3 Å². The number of hydrogen-bond donors (Lipinski definition) is 1. The first-order chi connectivity index (χ1) is 9.52. The second-order valence-corrected chi connectivity index (χ2v) is 4.19. The van der Waals surface area contributed by atoms with E-state index in [9.17, 15) is 13.2 Å². The third kappa shape index (κ3) is 2.84. The molecule has 0 bridgehead atoms. The minimum absolute atomic E-state index is 0.0159. The minimum Gasteiger partial charge on any atom is -0.368 e. The van der Waals surface area contributed by atoms with E-state index in [0.717, 1.165) is 6.07 Å². The summed E-state index contributed by atoms with van der Waals surface area (Å²) >= 11 is 0. The molecule has 0 aliphatic heterocycles. The number of halogens is 3. The van der Waals surface area contributed by atoms with Crippen LogP contribution in [0.15, 0.2) is 30.3 Å². The van der Waals surface area contributed by atoms with Gasteiger partial charge in [-0.1, -0.05) is 0 Å². The average molecular weight is 281 g/mol. The van der Waals surface area contributed by atoms with Crippen LogP contribution in [0.3, 0.4) is 0 Å². The van der Waals surface area contributed by atoms with Gasteiger partial charge in [-0.15, -0.1) is 0 Å². The van der Waals surface area contributed by atoms with Gasteiger partial charge in [0.05, 0.1) is 0 Å². The highest BCUT2D eigenvalue weighted by Gasteiger charge is 2.16. The van der Waals surface area contributed by atoms with Crippen molar-refractivity contribution in [1.29, 1.82) is 0 Å². The predicted octanol–water partition coefficient (Wildman–Crippen LogP) is 3.70. The highest BCUT2D eigenvalue weighted by Crippen LogP contribution is 2.27. The fourth-order valence-corrected chi connectivity index (χ4v) is 1.77. The summed E-state index contributed by atoms with van der Waals surface area (Å²) in [5.74, 6) is -1.97. The Labute approximate surface area is 115 Å². The Hall–Kier alpha value is -2.24. The Kier molecular flexibility index (Phi) is 4.12. The number of aromatic nitrogens is 1. The van der Waals surface area contributed by atoms with E-state index >= 15 is 0 Å². The van der Waals surface area contributed by atoms with E-state index in [4.69, 9.17) is 0 Å². The molecular weight excluding hydrogens is 267 g/mol. The number of rotatable bonds is 4. The monoisotopic (exact) mass is 281 g/mol. The van der Waals surface area contributed by atoms with E-state index in [0.29, 0.717) is 12.2 Å². The number of anilines is 3. The molecule has 0 unspecified atom stereocenters. The first-order valence-corrected chi connectivity index (χ1v) is 6.12. The SMILES string of the molecule is CCNc1nc(N(C)c2ccc(F)cc2)c(F)cc1F. The van der Waals surface area contributed by atoms with Crippen LogP contribution in [0.4, 0.5) is 30.5 Å². The lowest BCUT2D eigenvalue weighted by Crippen LogP contribution is -2.15. The molecule has 0 aliphatic rings. The topological polar surface area (TPSA) is 28.2 Å². The minimum atomic E-state index is -0.782. The highest BCUT2D eigenvalue weighted by molar-refractivity contribution is 5.61. The zero-order valence-corrected chi connectivity index (χ0v) is 11.1. The van der Waals surface area contributed by atoms with Crippen molar-refractivity contribution in [3.8, 4) is 0 Å². The molecule has 1 N–H and O–H groups in total. The van der Waals surface area contributed by atoms with Crippen molar-refractivity contribution in [1.82, 2.24) is 4.98 Å². The molecule has 0 spiro atoms. The van der Waals surface area contributed by atoms with E-state index < -0.39 is 11.6 Å². The number of pyridine rings is 1. The van der Waals surface area contributed by atoms with Gasteiger partial charge in [0.1, 0.15) is 5.82 Å². The molecule has 2 rings (SSSR count). The van der Waals surface area contributed by atoms with Crippen molar-refractivity contribution in [2.75, 3.05) is 23.8 Å². The van der Waals surface area contributed by atoms with Crippen molar-refractivity contribution in [3.63, 3.8) is 0 Å². The normalized spacial score (nSPS) is 10.4. The first kappa shape index (κ1) is 14.2. The van der Waals surface area contributed by atoms with Crippen LogP contribution in [-0.4, -0.2) is 18.6 Å². The van der Waals surface area contributed by atoms with Gasteiger partial charge in [-0.05, 0) is 31.2 Å². The van der Waals surface area contributed by atoms with Crippen molar-refractivity contribution in [3.05, 3.63) is 47.8 Å². The molecule has 0 saturated heterocycles. The summed E-state index contributed by atoms with van der Waals surface area (Å²) in [5, 5.41) is 2.72. The van der Waals surface area contributed by atoms with E-state index in [1.54, 1.807) is 14.0 Å². The molecule has 0 aliphatic carbocycles. The smallest absolute Gasteiger partial charge is 0.171 e. The Morgan fingerprint density at radius 2 is 1.75 bits per heavy atom. The van der Waals surface area contributed by atoms with Gasteiger partial charge in [0.2, 0.25) is 0 Å². The molecule has 20 heavy (non-hydrogen) atoms. The standard InChI is InChI=1S/C14H14F3N3/c1-3-18-13-11(16)8-12(17)14(19-13)20(2)10-6-4-9(15)5-7-10/h4-8H,3H2,1-2H3,(H,18,19). The van der Waals surface area contributed by atoms with Crippen LogP contribution < -0.4 is 10.2 Å². The van der Waals surface area contributed by atoms with Crippen LogP contribution in [-0.2, 0) is 0 Å². The van der Waals surface area contributed by atoms with Gasteiger partial charge in [0.25, 0.3) is 0 Å². The number of benzene rings is 1. The quantitative estimate of drug-likeness (QED) is 0.926. The van der Waals surface area contributed by atoms with Gasteiger partial charge >= 0.3 is 0 Å². The molecular formula is C14H14F3N3. The molecule has 1 aromatic heterocycles. The van der Waals surface area contributed by atoms with Crippen molar-refractivity contribution in [2.45, 2.75) is 6.92 Å². The van der Waals surface area contributed by atoms with E-state index in [-0.39, 0.29) is 17.5 Å². The maximum Gasteiger partial charge on any atom is 0.171 e. The Morgan fingerprint density at radius 1 is 1.10 bits per heavy atom. The lowest BCUT2D eigenvalue weighted by Gasteiger charge is -2.20. The molecule has 0 fully saturated rings. The third-order valence-corrected chi connectivity index (χ3v) is 2.79. The summed E-state index contributed by atoms with van der Waals surface area (Å²) in [6.45, 7) is 2.25. The summed E-state index contributed by atoms with van der Waals surface area (Å²) < 4.78 is 40.2. The summed E-state index contributed by atoms with van der Waals surface area (Å²) in [5.41, 5.74) is 0.548. The van der Waals surface area contributed by atoms with Crippen molar-refractivity contribution >= 4 is 17.3 Å². The lowest BCUT2D eigenvalue weighted by atomic mass is 10.3. The van der Waals surface area contributed by atoms with Crippen molar-refractivity contribution in [2.24, 2.45) is 0 Å². The molecule has 0 saturated carbocycles. The van der Waals surface area contributed by atoms with Crippen LogP contribution in [0.2, 0.25) is 0 Å². The Morgan fingerprint density at radius 3 is 2.35 bits per heavy atom. The molecule has 0 amide bonds. The summed E-state index contributed by atoms with van der Waals surface area (Å²) in [7, 11) is 1.58. The number of nitrogens with one attached hydrogen (secondary N) is 1. The summed E-state index contributed by atoms with van der Waals surface area (Å²) in [6.07, 6.45) is 0. The highest BCUT2D eigenvalue weighted by atomic mass is 19.1. The molecule has 3 nitrogen and oxygen atoms in total. The summed E-state index contributed by atoms with van der Waals surface area (Å²) in [6, 6.07) is 6.29. The predicted molar refractivity (Wildman–Crippen MR) is 72.8 cm³/mol. The molecule has 0 atom stereocenters. The Balaban J connectivity index is 2.40. The van der Waals surface area contributed by atoms with Gasteiger partial charge in [-0.2, -0.15) is 0 Å². The second kappa shape index (κ2) is 5.81. The van der Waals surface area contributed by atoms with Crippen LogP contribution in [0.5, 0.6) is 0 Å². The molecule has 1 heterocycles. The third-order valence-electron chi connectivity index (χ3n) is 2.79.